The molecule has 0 fully saturated rings. The number of nitrogens with zero attached hydrogens (tertiary/aromatic N) is 3. The van der Waals surface area contributed by atoms with Crippen molar-refractivity contribution in [1.82, 2.24) is 9.66 Å². The van der Waals surface area contributed by atoms with Crippen molar-refractivity contribution in [2.45, 2.75) is 0 Å². The average molecular weight is 204 g/mol. The second-order valence-corrected chi connectivity index (χ2v) is 2.86. The zero-order valence-electron chi connectivity index (χ0n) is 7.70. The molecule has 6 nitrogen and oxygen atoms in total. The number of anilines is 1. The first-order valence-corrected chi connectivity index (χ1v) is 4.26. The van der Waals surface area contributed by atoms with Crippen LogP contribution in [0.2, 0.25) is 0 Å². The van der Waals surface area contributed by atoms with E-state index in [0.29, 0.717) is 5.82 Å². The van der Waals surface area contributed by atoms with Gasteiger partial charge in [0, 0.05) is 24.7 Å². The van der Waals surface area contributed by atoms with Gasteiger partial charge in [-0.15, -0.1) is 0 Å². The van der Waals surface area contributed by atoms with Crippen LogP contribution in [0.3, 0.4) is 0 Å². The first kappa shape index (κ1) is 9.20. The van der Waals surface area contributed by atoms with Gasteiger partial charge in [0.1, 0.15) is 0 Å². The van der Waals surface area contributed by atoms with Gasteiger partial charge in [0.2, 0.25) is 0 Å². The Kier molecular flexibility index (Phi) is 2.32. The Balaban J connectivity index is 2.22. The highest BCUT2D eigenvalue weighted by Crippen LogP contribution is 2.14. The van der Waals surface area contributed by atoms with E-state index in [1.165, 1.54) is 18.3 Å². The average Bonchev–Trinajstić information content (AvgIpc) is 2.71. The van der Waals surface area contributed by atoms with Crippen LogP contribution >= 0.6 is 0 Å². The molecule has 2 heterocycles. The summed E-state index contributed by atoms with van der Waals surface area (Å²) in [6, 6.07) is 6.40. The summed E-state index contributed by atoms with van der Waals surface area (Å²) in [6.07, 6.45) is 4.95. The monoisotopic (exact) mass is 204 g/mol. The Hall–Kier alpha value is -2.37. The van der Waals surface area contributed by atoms with Gasteiger partial charge in [-0.3, -0.25) is 20.2 Å². The molecule has 0 amide bonds. The van der Waals surface area contributed by atoms with Crippen molar-refractivity contribution in [3.8, 4) is 0 Å². The molecule has 2 aromatic heterocycles. The van der Waals surface area contributed by atoms with Gasteiger partial charge >= 0.3 is 0 Å². The van der Waals surface area contributed by atoms with Crippen LogP contribution in [0.25, 0.3) is 0 Å². The molecular formula is C9H8N4O2. The maximum absolute atomic E-state index is 10.5. The topological polar surface area (TPSA) is 73.0 Å². The summed E-state index contributed by atoms with van der Waals surface area (Å²) >= 11 is 0. The zero-order chi connectivity index (χ0) is 10.7. The van der Waals surface area contributed by atoms with E-state index in [2.05, 4.69) is 10.4 Å². The van der Waals surface area contributed by atoms with Crippen LogP contribution in [0.5, 0.6) is 0 Å². The minimum atomic E-state index is -0.456. The Bertz CT molecular complexity index is 467. The van der Waals surface area contributed by atoms with Crippen molar-refractivity contribution in [3.63, 3.8) is 0 Å². The van der Waals surface area contributed by atoms with E-state index in [1.54, 1.807) is 17.1 Å². The molecule has 0 aliphatic heterocycles. The molecule has 15 heavy (non-hydrogen) atoms. The van der Waals surface area contributed by atoms with Crippen LogP contribution in [0, 0.1) is 10.1 Å². The van der Waals surface area contributed by atoms with Crippen molar-refractivity contribution < 1.29 is 4.92 Å². The van der Waals surface area contributed by atoms with Gasteiger partial charge in [0.15, 0.2) is 5.82 Å². The van der Waals surface area contributed by atoms with Gasteiger partial charge in [0.05, 0.1) is 11.0 Å². The lowest BCUT2D eigenvalue weighted by Crippen LogP contribution is -2.07. The number of aromatic nitrogens is 2. The van der Waals surface area contributed by atoms with Crippen LogP contribution in [0.15, 0.2) is 42.9 Å². The Morgan fingerprint density at radius 2 is 2.13 bits per heavy atom. The van der Waals surface area contributed by atoms with Gasteiger partial charge in [-0.2, -0.15) is 0 Å². The molecule has 0 saturated carbocycles. The van der Waals surface area contributed by atoms with E-state index in [4.69, 9.17) is 0 Å². The molecule has 0 aliphatic rings. The number of hydrogen-bond acceptors (Lipinski definition) is 4. The summed E-state index contributed by atoms with van der Waals surface area (Å²) in [5.74, 6) is 0.431. The highest BCUT2D eigenvalue weighted by Gasteiger charge is 2.05. The fraction of sp³-hybridized carbons (Fsp3) is 0. The lowest BCUT2D eigenvalue weighted by atomic mass is 10.4. The van der Waals surface area contributed by atoms with E-state index in [0.717, 1.165) is 0 Å². The SMILES string of the molecule is O=[N+]([O-])c1ccnc(Nn2cccc2)c1. The smallest absolute Gasteiger partial charge is 0.274 e. The Labute approximate surface area is 85.3 Å². The fourth-order valence-electron chi connectivity index (χ4n) is 1.14. The molecule has 0 aliphatic carbocycles. The summed E-state index contributed by atoms with van der Waals surface area (Å²) < 4.78 is 1.66. The van der Waals surface area contributed by atoms with Crippen LogP contribution < -0.4 is 5.43 Å². The van der Waals surface area contributed by atoms with Gasteiger partial charge < -0.3 is 0 Å². The lowest BCUT2D eigenvalue weighted by molar-refractivity contribution is -0.384. The van der Waals surface area contributed by atoms with Gasteiger partial charge in [-0.05, 0) is 12.1 Å². The highest BCUT2D eigenvalue weighted by molar-refractivity contribution is 5.43. The second kappa shape index (κ2) is 3.79. The number of nitro groups is 1. The molecule has 0 saturated heterocycles. The predicted octanol–water partition coefficient (Wildman–Crippen LogP) is 1.67. The summed E-state index contributed by atoms with van der Waals surface area (Å²) in [7, 11) is 0. The van der Waals surface area contributed by atoms with E-state index in [1.807, 2.05) is 12.1 Å². The molecule has 0 bridgehead atoms. The van der Waals surface area contributed by atoms with Crippen molar-refractivity contribution in [3.05, 3.63) is 53.0 Å². The minimum Gasteiger partial charge on any atom is -0.278 e. The molecule has 2 rings (SSSR count). The highest BCUT2D eigenvalue weighted by atomic mass is 16.6. The van der Waals surface area contributed by atoms with E-state index in [9.17, 15) is 10.1 Å². The zero-order valence-corrected chi connectivity index (χ0v) is 7.70. The maximum atomic E-state index is 10.5. The lowest BCUT2D eigenvalue weighted by Gasteiger charge is -2.05. The van der Waals surface area contributed by atoms with Crippen molar-refractivity contribution >= 4 is 11.5 Å². The number of pyridine rings is 1. The summed E-state index contributed by atoms with van der Waals surface area (Å²) in [5.41, 5.74) is 2.89. The minimum absolute atomic E-state index is 0.0136. The van der Waals surface area contributed by atoms with Crippen LogP contribution in [0.1, 0.15) is 0 Å². The summed E-state index contributed by atoms with van der Waals surface area (Å²) in [5, 5.41) is 10.5. The van der Waals surface area contributed by atoms with E-state index >= 15 is 0 Å². The summed E-state index contributed by atoms with van der Waals surface area (Å²) in [4.78, 5) is 14.0. The quantitative estimate of drug-likeness (QED) is 0.609. The molecule has 0 radical (unpaired) electrons. The number of hydrogen-bond donors (Lipinski definition) is 1. The Morgan fingerprint density at radius 1 is 1.40 bits per heavy atom. The summed E-state index contributed by atoms with van der Waals surface area (Å²) in [6.45, 7) is 0. The molecule has 6 heteroatoms. The third-order valence-corrected chi connectivity index (χ3v) is 1.80. The van der Waals surface area contributed by atoms with Gasteiger partial charge in [-0.1, -0.05) is 0 Å². The normalized spacial score (nSPS) is 9.87. The second-order valence-electron chi connectivity index (χ2n) is 2.86. The molecule has 2 aromatic rings. The van der Waals surface area contributed by atoms with Crippen LogP contribution in [0.4, 0.5) is 11.5 Å². The third kappa shape index (κ3) is 2.11. The molecule has 0 unspecified atom stereocenters. The van der Waals surface area contributed by atoms with Crippen molar-refractivity contribution in [1.29, 1.82) is 0 Å². The molecule has 0 aromatic carbocycles. The van der Waals surface area contributed by atoms with Gasteiger partial charge in [-0.25, -0.2) is 4.98 Å². The molecular weight excluding hydrogens is 196 g/mol. The number of nitrogens with one attached hydrogen (secondary N) is 1. The number of rotatable bonds is 3. The predicted molar refractivity (Wildman–Crippen MR) is 54.3 cm³/mol. The first-order chi connectivity index (χ1) is 7.25. The van der Waals surface area contributed by atoms with Crippen LogP contribution in [-0.4, -0.2) is 14.6 Å². The Morgan fingerprint density at radius 3 is 2.80 bits per heavy atom. The van der Waals surface area contributed by atoms with Gasteiger partial charge in [0.25, 0.3) is 5.69 Å². The standard InChI is InChI=1S/C9H8N4O2/c14-13(15)8-3-4-10-9(7-8)11-12-5-1-2-6-12/h1-7H,(H,10,11). The fourth-order valence-corrected chi connectivity index (χ4v) is 1.14. The molecule has 0 atom stereocenters. The molecule has 76 valence electrons. The first-order valence-electron chi connectivity index (χ1n) is 4.26. The van der Waals surface area contributed by atoms with E-state index in [-0.39, 0.29) is 5.69 Å². The molecule has 0 spiro atoms. The third-order valence-electron chi connectivity index (χ3n) is 1.80. The van der Waals surface area contributed by atoms with Crippen molar-refractivity contribution in [2.24, 2.45) is 0 Å². The molecule has 1 N–H and O–H groups in total. The largest absolute Gasteiger partial charge is 0.278 e. The van der Waals surface area contributed by atoms with Crippen molar-refractivity contribution in [2.75, 3.05) is 5.43 Å². The van der Waals surface area contributed by atoms with Crippen LogP contribution in [-0.2, 0) is 0 Å². The maximum Gasteiger partial charge on any atom is 0.274 e. The van der Waals surface area contributed by atoms with E-state index < -0.39 is 4.92 Å².